The highest BCUT2D eigenvalue weighted by atomic mass is 35.5. The van der Waals surface area contributed by atoms with Gasteiger partial charge in [0.2, 0.25) is 5.91 Å². The molecule has 1 aromatic heterocycles. The fourth-order valence-corrected chi connectivity index (χ4v) is 4.73. The van der Waals surface area contributed by atoms with Gasteiger partial charge in [0.1, 0.15) is 5.76 Å². The molecule has 2 fully saturated rings. The van der Waals surface area contributed by atoms with Crippen LogP contribution in [0.15, 0.2) is 47.1 Å². The Hall–Kier alpha value is -1.78. The molecule has 2 aliphatic rings. The summed E-state index contributed by atoms with van der Waals surface area (Å²) in [5.74, 6) is 1.00. The molecule has 1 aromatic carbocycles. The van der Waals surface area contributed by atoms with Crippen molar-refractivity contribution in [3.63, 3.8) is 0 Å². The predicted molar refractivity (Wildman–Crippen MR) is 112 cm³/mol. The number of halogens is 1. The molecule has 1 saturated carbocycles. The minimum absolute atomic E-state index is 0.131. The Balaban J connectivity index is 1.23. The van der Waals surface area contributed by atoms with E-state index in [1.54, 1.807) is 6.26 Å². The number of hydrogen-bond acceptors (Lipinski definition) is 3. The van der Waals surface area contributed by atoms with Gasteiger partial charge in [0.15, 0.2) is 0 Å². The van der Waals surface area contributed by atoms with Crippen molar-refractivity contribution in [2.24, 2.45) is 0 Å². The van der Waals surface area contributed by atoms with Crippen LogP contribution in [0.1, 0.15) is 49.8 Å². The van der Waals surface area contributed by atoms with Gasteiger partial charge in [-0.25, -0.2) is 0 Å². The first kappa shape index (κ1) is 19.5. The van der Waals surface area contributed by atoms with Gasteiger partial charge in [0, 0.05) is 49.0 Å². The second-order valence-corrected chi connectivity index (χ2v) is 8.77. The van der Waals surface area contributed by atoms with Crippen LogP contribution in [0.25, 0.3) is 0 Å². The van der Waals surface area contributed by atoms with E-state index in [0.717, 1.165) is 43.3 Å². The lowest BCUT2D eigenvalue weighted by Gasteiger charge is -2.47. The third kappa shape index (κ3) is 4.61. The monoisotopic (exact) mass is 400 g/mol. The molecule has 0 radical (unpaired) electrons. The maximum atomic E-state index is 12.2. The van der Waals surface area contributed by atoms with Crippen molar-refractivity contribution >= 4 is 17.5 Å². The highest BCUT2D eigenvalue weighted by Gasteiger charge is 2.40. The minimum Gasteiger partial charge on any atom is -0.469 e. The van der Waals surface area contributed by atoms with Gasteiger partial charge in [0.05, 0.1) is 6.26 Å². The van der Waals surface area contributed by atoms with Gasteiger partial charge in [-0.3, -0.25) is 4.79 Å². The van der Waals surface area contributed by atoms with Gasteiger partial charge in [-0.1, -0.05) is 30.2 Å². The Bertz CT molecular complexity index is 760. The number of amides is 1. The Labute approximate surface area is 172 Å². The van der Waals surface area contributed by atoms with Crippen LogP contribution in [-0.4, -0.2) is 36.5 Å². The third-order valence-corrected chi connectivity index (χ3v) is 6.68. The van der Waals surface area contributed by atoms with Gasteiger partial charge in [-0.15, -0.1) is 0 Å². The summed E-state index contributed by atoms with van der Waals surface area (Å²) in [5, 5.41) is 4.02. The number of rotatable bonds is 7. The van der Waals surface area contributed by atoms with Crippen molar-refractivity contribution < 1.29 is 9.21 Å². The molecule has 150 valence electrons. The van der Waals surface area contributed by atoms with E-state index in [9.17, 15) is 4.79 Å². The summed E-state index contributed by atoms with van der Waals surface area (Å²) >= 11 is 6.07. The van der Waals surface area contributed by atoms with Gasteiger partial charge >= 0.3 is 0 Å². The summed E-state index contributed by atoms with van der Waals surface area (Å²) in [5.41, 5.74) is 1.72. The molecule has 1 N–H and O–H groups in total. The van der Waals surface area contributed by atoms with Crippen LogP contribution < -0.4 is 5.32 Å². The smallest absolute Gasteiger partial charge is 0.220 e. The van der Waals surface area contributed by atoms with Crippen molar-refractivity contribution in [1.82, 2.24) is 10.2 Å². The molecule has 5 heteroatoms. The summed E-state index contributed by atoms with van der Waals surface area (Å²) < 4.78 is 5.30. The quantitative estimate of drug-likeness (QED) is 0.740. The van der Waals surface area contributed by atoms with E-state index < -0.39 is 0 Å². The molecule has 1 aliphatic heterocycles. The second kappa shape index (κ2) is 8.71. The molecule has 1 aliphatic carbocycles. The maximum Gasteiger partial charge on any atom is 0.220 e. The van der Waals surface area contributed by atoms with E-state index in [2.05, 4.69) is 22.3 Å². The Morgan fingerprint density at radius 2 is 1.93 bits per heavy atom. The molecule has 4 rings (SSSR count). The molecule has 28 heavy (non-hydrogen) atoms. The lowest BCUT2D eigenvalue weighted by Crippen LogP contribution is -2.51. The summed E-state index contributed by atoms with van der Waals surface area (Å²) in [4.78, 5) is 14.8. The van der Waals surface area contributed by atoms with Crippen molar-refractivity contribution in [2.75, 3.05) is 19.6 Å². The number of furan rings is 1. The molecule has 2 heterocycles. The zero-order chi connectivity index (χ0) is 19.4. The number of carbonyl (C=O) groups excluding carboxylic acids is 1. The average Bonchev–Trinajstić information content (AvgIpc) is 3.19. The van der Waals surface area contributed by atoms with E-state index in [1.165, 1.54) is 24.8 Å². The van der Waals surface area contributed by atoms with Gasteiger partial charge in [-0.2, -0.15) is 0 Å². The molecule has 0 unspecified atom stereocenters. The van der Waals surface area contributed by atoms with Gasteiger partial charge in [0.25, 0.3) is 0 Å². The number of aryl methyl sites for hydroxylation is 1. The highest BCUT2D eigenvalue weighted by molar-refractivity contribution is 6.30. The number of benzene rings is 1. The Morgan fingerprint density at radius 1 is 1.18 bits per heavy atom. The van der Waals surface area contributed by atoms with Crippen molar-refractivity contribution in [3.05, 3.63) is 59.0 Å². The number of likely N-dealkylation sites (tertiary alicyclic amines) is 1. The van der Waals surface area contributed by atoms with Crippen molar-refractivity contribution in [3.8, 4) is 0 Å². The second-order valence-electron chi connectivity index (χ2n) is 8.34. The normalized spacial score (nSPS) is 19.9. The highest BCUT2D eigenvalue weighted by Crippen LogP contribution is 2.44. The molecule has 4 nitrogen and oxygen atoms in total. The first-order chi connectivity index (χ1) is 13.6. The van der Waals surface area contributed by atoms with Crippen LogP contribution in [0.4, 0.5) is 0 Å². The molecule has 2 aromatic rings. The van der Waals surface area contributed by atoms with Crippen LogP contribution in [-0.2, 0) is 16.6 Å². The predicted octanol–water partition coefficient (Wildman–Crippen LogP) is 4.57. The van der Waals surface area contributed by atoms with Crippen molar-refractivity contribution in [2.45, 2.75) is 56.4 Å². The fourth-order valence-electron chi connectivity index (χ4n) is 4.60. The number of nitrogens with one attached hydrogen (secondary N) is 1. The lowest BCUT2D eigenvalue weighted by atomic mass is 9.64. The molecule has 1 amide bonds. The first-order valence-electron chi connectivity index (χ1n) is 10.4. The number of carbonyl (C=O) groups is 1. The van der Waals surface area contributed by atoms with E-state index >= 15 is 0 Å². The van der Waals surface area contributed by atoms with Crippen LogP contribution in [0.2, 0.25) is 5.02 Å². The fraction of sp³-hybridized carbons (Fsp3) is 0.522. The largest absolute Gasteiger partial charge is 0.469 e. The van der Waals surface area contributed by atoms with E-state index in [0.29, 0.717) is 24.3 Å². The third-order valence-electron chi connectivity index (χ3n) is 6.42. The van der Waals surface area contributed by atoms with Gasteiger partial charge < -0.3 is 14.6 Å². The number of piperidine rings is 1. The summed E-state index contributed by atoms with van der Waals surface area (Å²) in [6, 6.07) is 12.5. The summed E-state index contributed by atoms with van der Waals surface area (Å²) in [7, 11) is 0. The van der Waals surface area contributed by atoms with Crippen LogP contribution >= 0.6 is 11.6 Å². The molecule has 0 spiro atoms. The molecule has 1 saturated heterocycles. The van der Waals surface area contributed by atoms with Gasteiger partial charge in [-0.05, 0) is 55.5 Å². The van der Waals surface area contributed by atoms with E-state index in [-0.39, 0.29) is 5.91 Å². The topological polar surface area (TPSA) is 45.5 Å². The van der Waals surface area contributed by atoms with E-state index in [4.69, 9.17) is 16.0 Å². The average molecular weight is 401 g/mol. The minimum atomic E-state index is 0.131. The van der Waals surface area contributed by atoms with Crippen LogP contribution in [0.3, 0.4) is 0 Å². The molecule has 0 bridgehead atoms. The lowest BCUT2D eigenvalue weighted by molar-refractivity contribution is -0.122. The number of hydrogen-bond donors (Lipinski definition) is 1. The Morgan fingerprint density at radius 3 is 2.54 bits per heavy atom. The molecular weight excluding hydrogens is 372 g/mol. The molecule has 0 atom stereocenters. The summed E-state index contributed by atoms with van der Waals surface area (Å²) in [6.07, 6.45) is 8.71. The number of nitrogens with zero attached hydrogens (tertiary/aromatic N) is 1. The molecular formula is C23H29ClN2O2. The Kier molecular flexibility index (Phi) is 6.07. The standard InChI is InChI=1S/C23H29ClN2O2/c24-19-6-4-18(5-7-19)23(12-2-13-23)17-26-14-10-20(11-15-26)25-22(27)9-8-21-3-1-16-28-21/h1,3-7,16,20H,2,8-15,17H2,(H,25,27). The SMILES string of the molecule is O=C(CCc1ccco1)NC1CCN(CC2(c3ccc(Cl)cc3)CCC2)CC1. The first-order valence-corrected chi connectivity index (χ1v) is 10.8. The summed E-state index contributed by atoms with van der Waals surface area (Å²) in [6.45, 7) is 3.23. The maximum absolute atomic E-state index is 12.2. The zero-order valence-corrected chi connectivity index (χ0v) is 17.1. The van der Waals surface area contributed by atoms with Crippen molar-refractivity contribution in [1.29, 1.82) is 0 Å². The van der Waals surface area contributed by atoms with E-state index in [1.807, 2.05) is 24.3 Å². The van der Waals surface area contributed by atoms with Crippen LogP contribution in [0.5, 0.6) is 0 Å². The van der Waals surface area contributed by atoms with Crippen LogP contribution in [0, 0.1) is 0 Å². The zero-order valence-electron chi connectivity index (χ0n) is 16.3.